The number of hydrogen-bond acceptors (Lipinski definition) is 4. The highest BCUT2D eigenvalue weighted by Gasteiger charge is 2.31. The van der Waals surface area contributed by atoms with Crippen molar-refractivity contribution in [3.8, 4) is 0 Å². The predicted octanol–water partition coefficient (Wildman–Crippen LogP) is 4.65. The van der Waals surface area contributed by atoms with Gasteiger partial charge in [0.2, 0.25) is 0 Å². The number of halogens is 1. The van der Waals surface area contributed by atoms with Crippen molar-refractivity contribution in [3.05, 3.63) is 79.9 Å². The molecule has 2 saturated heterocycles. The van der Waals surface area contributed by atoms with E-state index < -0.39 is 0 Å². The highest BCUT2D eigenvalue weighted by atomic mass is 79.9. The van der Waals surface area contributed by atoms with Gasteiger partial charge in [0.1, 0.15) is 13.1 Å². The van der Waals surface area contributed by atoms with Gasteiger partial charge >= 0.3 is 0 Å². The van der Waals surface area contributed by atoms with Crippen molar-refractivity contribution >= 4 is 11.4 Å². The molecule has 0 saturated carbocycles. The Labute approximate surface area is 262 Å². The fraction of sp³-hybridized carbons (Fsp3) is 0.636. The van der Waals surface area contributed by atoms with Gasteiger partial charge in [-0.15, -0.1) is 0 Å². The maximum Gasteiger partial charge on any atom is 0.269 e. The maximum atomic E-state index is 10.9. The number of unbranched alkanes of at least 4 members (excludes halogenated alkanes) is 4. The summed E-state index contributed by atoms with van der Waals surface area (Å²) in [7, 11) is 4.67. The molecule has 4 rings (SSSR count). The SMILES string of the molecule is C[N+]1(Cc2ccc([N+](=O)[O-])cc2)CCC(CCCCCCCC2CC[N+](C)(Cc3ccc([N+](=O)[O-])cc3)CC2)CC1.[Br-]. The van der Waals surface area contributed by atoms with Crippen molar-refractivity contribution < 1.29 is 35.8 Å². The van der Waals surface area contributed by atoms with E-state index in [9.17, 15) is 20.2 Å². The molecule has 0 bridgehead atoms. The normalized spacial score (nSPS) is 25.9. The van der Waals surface area contributed by atoms with Crippen LogP contribution in [0.4, 0.5) is 11.4 Å². The van der Waals surface area contributed by atoms with Gasteiger partial charge in [-0.2, -0.15) is 0 Å². The number of non-ortho nitro benzene ring substituents is 2. The molecule has 0 atom stereocenters. The van der Waals surface area contributed by atoms with Crippen LogP contribution in [0.1, 0.15) is 81.8 Å². The Morgan fingerprint density at radius 1 is 0.595 bits per heavy atom. The Hall–Kier alpha value is -2.36. The zero-order valence-corrected chi connectivity index (χ0v) is 27.2. The van der Waals surface area contributed by atoms with Crippen molar-refractivity contribution in [2.24, 2.45) is 11.8 Å². The van der Waals surface area contributed by atoms with E-state index in [0.717, 1.165) is 33.9 Å². The van der Waals surface area contributed by atoms with Crippen LogP contribution in [-0.2, 0) is 13.1 Å². The third-order valence-corrected chi connectivity index (χ3v) is 9.96. The lowest BCUT2D eigenvalue weighted by Gasteiger charge is -2.41. The van der Waals surface area contributed by atoms with E-state index in [2.05, 4.69) is 14.1 Å². The lowest BCUT2D eigenvalue weighted by molar-refractivity contribution is -0.928. The Balaban J connectivity index is 0.00000484. The van der Waals surface area contributed by atoms with Gasteiger partial charge in [-0.25, -0.2) is 0 Å². The smallest absolute Gasteiger partial charge is 0.269 e. The van der Waals surface area contributed by atoms with Gasteiger partial charge in [-0.05, 0) is 61.8 Å². The average Bonchev–Trinajstić information content (AvgIpc) is 2.95. The fourth-order valence-electron chi connectivity index (χ4n) is 7.11. The molecule has 42 heavy (non-hydrogen) atoms. The Morgan fingerprint density at radius 2 is 0.905 bits per heavy atom. The number of nitrogens with zero attached hydrogens (tertiary/aromatic N) is 4. The molecular weight excluding hydrogens is 596 g/mol. The minimum absolute atomic E-state index is 0. The third-order valence-electron chi connectivity index (χ3n) is 9.96. The molecule has 0 N–H and O–H groups in total. The van der Waals surface area contributed by atoms with E-state index in [-0.39, 0.29) is 38.2 Å². The number of benzene rings is 2. The van der Waals surface area contributed by atoms with Crippen LogP contribution in [-0.4, -0.2) is 59.1 Å². The number of piperidine rings is 2. The van der Waals surface area contributed by atoms with E-state index in [0.29, 0.717) is 0 Å². The molecule has 2 aromatic carbocycles. The van der Waals surface area contributed by atoms with Gasteiger partial charge < -0.3 is 25.9 Å². The van der Waals surface area contributed by atoms with Gasteiger partial charge in [0.05, 0.1) is 50.1 Å². The van der Waals surface area contributed by atoms with E-state index in [1.54, 1.807) is 24.3 Å². The monoisotopic (exact) mass is 645 g/mol. The van der Waals surface area contributed by atoms with Gasteiger partial charge in [0.25, 0.3) is 11.4 Å². The second kappa shape index (κ2) is 15.9. The zero-order chi connectivity index (χ0) is 29.3. The van der Waals surface area contributed by atoms with E-state index in [4.69, 9.17) is 0 Å². The maximum absolute atomic E-state index is 10.9. The first kappa shape index (κ1) is 34.1. The number of likely N-dealkylation sites (tertiary alicyclic amines) is 2. The van der Waals surface area contributed by atoms with Gasteiger partial charge in [-0.1, -0.05) is 44.9 Å². The Kier molecular flexibility index (Phi) is 12.9. The summed E-state index contributed by atoms with van der Waals surface area (Å²) >= 11 is 0. The molecule has 2 aromatic rings. The van der Waals surface area contributed by atoms with Crippen molar-refractivity contribution in [3.63, 3.8) is 0 Å². The second-order valence-electron chi connectivity index (χ2n) is 13.5. The summed E-state index contributed by atoms with van der Waals surface area (Å²) in [6, 6.07) is 14.2. The minimum atomic E-state index is -0.328. The van der Waals surface area contributed by atoms with Crippen LogP contribution in [0, 0.1) is 32.1 Å². The summed E-state index contributed by atoms with van der Waals surface area (Å²) in [5.74, 6) is 1.72. The Morgan fingerprint density at radius 3 is 1.21 bits per heavy atom. The first-order valence-corrected chi connectivity index (χ1v) is 15.8. The van der Waals surface area contributed by atoms with Crippen LogP contribution in [0.5, 0.6) is 0 Å². The molecule has 2 aliphatic rings. The number of rotatable bonds is 14. The standard InChI is InChI=1S/C33H50N4O4.BrH/c1-36(26-30-10-14-32(15-11-30)34(38)39)22-18-28(19-23-36)8-6-4-3-5-7-9-29-20-24-37(2,25-21-29)27-31-12-16-33(17-13-31)35(40)41;/h10-17,28-29H,3-9,18-27H2,1-2H3;1H/q+2;/p-1. The average molecular weight is 647 g/mol. The lowest BCUT2D eigenvalue weighted by Crippen LogP contribution is -3.00. The van der Waals surface area contributed by atoms with Crippen molar-refractivity contribution in [2.45, 2.75) is 83.7 Å². The summed E-state index contributed by atoms with van der Waals surface area (Å²) in [5, 5.41) is 21.8. The van der Waals surface area contributed by atoms with Crippen molar-refractivity contribution in [1.82, 2.24) is 0 Å². The van der Waals surface area contributed by atoms with E-state index in [1.165, 1.54) is 108 Å². The highest BCUT2D eigenvalue weighted by molar-refractivity contribution is 5.33. The van der Waals surface area contributed by atoms with Crippen LogP contribution < -0.4 is 17.0 Å². The summed E-state index contributed by atoms with van der Waals surface area (Å²) in [4.78, 5) is 21.1. The second-order valence-corrected chi connectivity index (χ2v) is 13.5. The number of nitro benzene ring substituents is 2. The molecule has 0 unspecified atom stereocenters. The molecule has 0 aliphatic carbocycles. The van der Waals surface area contributed by atoms with Gasteiger partial charge in [0.15, 0.2) is 0 Å². The quantitative estimate of drug-likeness (QED) is 0.130. The number of nitro groups is 2. The van der Waals surface area contributed by atoms with Crippen LogP contribution >= 0.6 is 0 Å². The van der Waals surface area contributed by atoms with E-state index >= 15 is 0 Å². The highest BCUT2D eigenvalue weighted by Crippen LogP contribution is 2.30. The van der Waals surface area contributed by atoms with Crippen molar-refractivity contribution in [1.29, 1.82) is 0 Å². The van der Waals surface area contributed by atoms with E-state index in [1.807, 2.05) is 24.3 Å². The fourth-order valence-corrected chi connectivity index (χ4v) is 7.11. The largest absolute Gasteiger partial charge is 1.00 e. The van der Waals surface area contributed by atoms with Crippen LogP contribution in [0.3, 0.4) is 0 Å². The van der Waals surface area contributed by atoms with Crippen LogP contribution in [0.15, 0.2) is 48.5 Å². The van der Waals surface area contributed by atoms with Crippen molar-refractivity contribution in [2.75, 3.05) is 40.3 Å². The number of hydrogen-bond donors (Lipinski definition) is 0. The van der Waals surface area contributed by atoms with Crippen LogP contribution in [0.25, 0.3) is 0 Å². The minimum Gasteiger partial charge on any atom is -1.00 e. The molecular formula is C33H50BrN4O4+. The van der Waals surface area contributed by atoms with Crippen LogP contribution in [0.2, 0.25) is 0 Å². The molecule has 0 spiro atoms. The molecule has 0 aromatic heterocycles. The third kappa shape index (κ3) is 10.4. The Bertz CT molecular complexity index is 1040. The summed E-state index contributed by atoms with van der Waals surface area (Å²) in [6.45, 7) is 6.74. The summed E-state index contributed by atoms with van der Waals surface area (Å²) in [6.07, 6.45) is 14.7. The molecule has 0 radical (unpaired) electrons. The molecule has 2 aliphatic heterocycles. The van der Waals surface area contributed by atoms with Gasteiger partial charge in [0, 0.05) is 35.4 Å². The molecule has 2 heterocycles. The molecule has 2 fully saturated rings. The summed E-state index contributed by atoms with van der Waals surface area (Å²) in [5.41, 5.74) is 2.73. The summed E-state index contributed by atoms with van der Waals surface area (Å²) < 4.78 is 2.09. The topological polar surface area (TPSA) is 86.3 Å². The molecule has 9 heteroatoms. The first-order chi connectivity index (χ1) is 19.6. The van der Waals surface area contributed by atoms with Gasteiger partial charge in [-0.3, -0.25) is 20.2 Å². The molecule has 8 nitrogen and oxygen atoms in total. The first-order valence-electron chi connectivity index (χ1n) is 15.8. The molecule has 232 valence electrons. The predicted molar refractivity (Wildman–Crippen MR) is 163 cm³/mol. The number of quaternary nitrogens is 2. The lowest BCUT2D eigenvalue weighted by atomic mass is 9.88. The zero-order valence-electron chi connectivity index (χ0n) is 25.6. The molecule has 0 amide bonds.